The fraction of sp³-hybridized carbons (Fsp3) is 1.00. The monoisotopic (exact) mass is 125 g/mol. The van der Waals surface area contributed by atoms with Gasteiger partial charge in [0.1, 0.15) is 6.61 Å². The molecule has 0 heterocycles. The Balaban J connectivity index is 3.71. The molecule has 0 saturated carbocycles. The second-order valence-electron chi connectivity index (χ2n) is 1.71. The summed E-state index contributed by atoms with van der Waals surface area (Å²) in [5.41, 5.74) is 4.77. The van der Waals surface area contributed by atoms with Crippen LogP contribution in [0.15, 0.2) is 0 Å². The average Bonchev–Trinajstić information content (AvgIpc) is 1.67. The number of alkyl halides is 2. The first-order chi connectivity index (χ1) is 3.50. The van der Waals surface area contributed by atoms with E-state index < -0.39 is 18.6 Å². The van der Waals surface area contributed by atoms with E-state index in [9.17, 15) is 8.78 Å². The van der Waals surface area contributed by atoms with Crippen LogP contribution < -0.4 is 5.73 Å². The lowest BCUT2D eigenvalue weighted by Crippen LogP contribution is -2.41. The van der Waals surface area contributed by atoms with Crippen LogP contribution in [0.1, 0.15) is 6.92 Å². The Morgan fingerprint density at radius 1 is 1.75 bits per heavy atom. The number of aliphatic hydroxyl groups is 1. The zero-order valence-electron chi connectivity index (χ0n) is 4.56. The van der Waals surface area contributed by atoms with Gasteiger partial charge in [0.05, 0.1) is 6.04 Å². The lowest BCUT2D eigenvalue weighted by atomic mass is 10.2. The van der Waals surface area contributed by atoms with Crippen LogP contribution in [-0.4, -0.2) is 23.7 Å². The molecule has 0 spiro atoms. The molecule has 3 N–H and O–H groups in total. The molecule has 8 heavy (non-hydrogen) atoms. The lowest BCUT2D eigenvalue weighted by molar-refractivity contribution is -0.0655. The van der Waals surface area contributed by atoms with Gasteiger partial charge >= 0.3 is 0 Å². The van der Waals surface area contributed by atoms with Crippen LogP contribution in [0.25, 0.3) is 0 Å². The van der Waals surface area contributed by atoms with Gasteiger partial charge in [-0.2, -0.15) is 0 Å². The number of hydrogen-bond acceptors (Lipinski definition) is 2. The Bertz CT molecular complexity index is 74.4. The Kier molecular flexibility index (Phi) is 2.30. The number of halogens is 2. The zero-order chi connectivity index (χ0) is 6.78. The van der Waals surface area contributed by atoms with Crippen LogP contribution in [0.5, 0.6) is 0 Å². The van der Waals surface area contributed by atoms with E-state index in [4.69, 9.17) is 10.8 Å². The van der Waals surface area contributed by atoms with Crippen molar-refractivity contribution in [3.63, 3.8) is 0 Å². The molecule has 0 unspecified atom stereocenters. The van der Waals surface area contributed by atoms with Crippen molar-refractivity contribution in [2.75, 3.05) is 6.61 Å². The second kappa shape index (κ2) is 2.37. The van der Waals surface area contributed by atoms with Crippen molar-refractivity contribution in [1.82, 2.24) is 0 Å². The Morgan fingerprint density at radius 3 is 2.12 bits per heavy atom. The van der Waals surface area contributed by atoms with E-state index in [1.54, 1.807) is 0 Å². The standard InChI is InChI=1S/C4H9F2NO/c1-3(7)4(5,6)2-8/h3,8H,2,7H2,1H3/t3-/m1/s1. The molecule has 0 amide bonds. The predicted molar refractivity (Wildman–Crippen MR) is 25.7 cm³/mol. The molecular weight excluding hydrogens is 116 g/mol. The minimum absolute atomic E-state index is 1.15. The van der Waals surface area contributed by atoms with Gasteiger partial charge in [-0.15, -0.1) is 0 Å². The Morgan fingerprint density at radius 2 is 2.12 bits per heavy atom. The molecular formula is C4H9F2NO. The van der Waals surface area contributed by atoms with Crippen LogP contribution in [0.2, 0.25) is 0 Å². The summed E-state index contributed by atoms with van der Waals surface area (Å²) in [5.74, 6) is -3.12. The maximum absolute atomic E-state index is 11.9. The summed E-state index contributed by atoms with van der Waals surface area (Å²) in [6.07, 6.45) is 0. The molecule has 0 aliphatic carbocycles. The molecule has 0 rings (SSSR count). The number of rotatable bonds is 2. The first kappa shape index (κ1) is 7.78. The smallest absolute Gasteiger partial charge is 0.285 e. The highest BCUT2D eigenvalue weighted by Gasteiger charge is 2.32. The van der Waals surface area contributed by atoms with Crippen LogP contribution in [0.3, 0.4) is 0 Å². The summed E-state index contributed by atoms with van der Waals surface area (Å²) >= 11 is 0. The molecule has 0 aromatic rings. The van der Waals surface area contributed by atoms with Crippen molar-refractivity contribution in [2.45, 2.75) is 18.9 Å². The molecule has 0 aliphatic heterocycles. The molecule has 0 aliphatic rings. The van der Waals surface area contributed by atoms with Gasteiger partial charge in [0.25, 0.3) is 5.92 Å². The van der Waals surface area contributed by atoms with Crippen molar-refractivity contribution in [1.29, 1.82) is 0 Å². The summed E-state index contributed by atoms with van der Waals surface area (Å²) in [6.45, 7) is -0.0269. The third-order valence-electron chi connectivity index (χ3n) is 0.877. The third kappa shape index (κ3) is 1.71. The molecule has 0 aromatic carbocycles. The zero-order valence-corrected chi connectivity index (χ0v) is 4.56. The minimum atomic E-state index is -3.12. The Hall–Kier alpha value is -0.220. The van der Waals surface area contributed by atoms with Gasteiger partial charge < -0.3 is 10.8 Å². The fourth-order valence-electron chi connectivity index (χ4n) is 0.144. The van der Waals surface area contributed by atoms with E-state index in [2.05, 4.69) is 0 Å². The van der Waals surface area contributed by atoms with E-state index in [0.29, 0.717) is 0 Å². The third-order valence-corrected chi connectivity index (χ3v) is 0.877. The lowest BCUT2D eigenvalue weighted by Gasteiger charge is -2.16. The molecule has 0 fully saturated rings. The molecule has 2 nitrogen and oxygen atoms in total. The summed E-state index contributed by atoms with van der Waals surface area (Å²) < 4.78 is 23.8. The van der Waals surface area contributed by atoms with E-state index in [-0.39, 0.29) is 0 Å². The van der Waals surface area contributed by atoms with Gasteiger partial charge in [0.15, 0.2) is 0 Å². The van der Waals surface area contributed by atoms with Gasteiger partial charge in [-0.05, 0) is 6.92 Å². The summed E-state index contributed by atoms with van der Waals surface area (Å²) in [4.78, 5) is 0. The van der Waals surface area contributed by atoms with Crippen molar-refractivity contribution in [2.24, 2.45) is 5.73 Å². The number of nitrogens with two attached hydrogens (primary N) is 1. The fourth-order valence-corrected chi connectivity index (χ4v) is 0.144. The molecule has 50 valence electrons. The van der Waals surface area contributed by atoms with Crippen molar-refractivity contribution >= 4 is 0 Å². The molecule has 0 radical (unpaired) electrons. The quantitative estimate of drug-likeness (QED) is 0.544. The predicted octanol–water partition coefficient (Wildman–Crippen LogP) is -0.0388. The first-order valence-corrected chi connectivity index (χ1v) is 2.25. The summed E-state index contributed by atoms with van der Waals surface area (Å²) in [7, 11) is 0. The van der Waals surface area contributed by atoms with E-state index in [1.165, 1.54) is 0 Å². The highest BCUT2D eigenvalue weighted by atomic mass is 19.3. The Labute approximate surface area is 46.3 Å². The molecule has 1 atom stereocenters. The van der Waals surface area contributed by atoms with Crippen LogP contribution in [0.4, 0.5) is 8.78 Å². The van der Waals surface area contributed by atoms with E-state index in [1.807, 2.05) is 0 Å². The summed E-state index contributed by atoms with van der Waals surface area (Å²) in [5, 5.41) is 7.93. The first-order valence-electron chi connectivity index (χ1n) is 2.25. The van der Waals surface area contributed by atoms with Gasteiger partial charge in [-0.25, -0.2) is 8.78 Å². The van der Waals surface area contributed by atoms with Crippen molar-refractivity contribution < 1.29 is 13.9 Å². The topological polar surface area (TPSA) is 46.2 Å². The van der Waals surface area contributed by atoms with Crippen LogP contribution >= 0.6 is 0 Å². The molecule has 0 bridgehead atoms. The van der Waals surface area contributed by atoms with Gasteiger partial charge in [-0.3, -0.25) is 0 Å². The molecule has 0 saturated heterocycles. The minimum Gasteiger partial charge on any atom is -0.390 e. The van der Waals surface area contributed by atoms with Crippen LogP contribution in [-0.2, 0) is 0 Å². The second-order valence-corrected chi connectivity index (χ2v) is 1.71. The average molecular weight is 125 g/mol. The van der Waals surface area contributed by atoms with Gasteiger partial charge in [0.2, 0.25) is 0 Å². The van der Waals surface area contributed by atoms with Crippen LogP contribution in [0, 0.1) is 0 Å². The molecule has 0 aromatic heterocycles. The highest BCUT2D eigenvalue weighted by molar-refractivity contribution is 4.74. The van der Waals surface area contributed by atoms with Gasteiger partial charge in [0, 0.05) is 0 Å². The van der Waals surface area contributed by atoms with E-state index >= 15 is 0 Å². The van der Waals surface area contributed by atoms with Gasteiger partial charge in [-0.1, -0.05) is 0 Å². The normalized spacial score (nSPS) is 16.1. The van der Waals surface area contributed by atoms with Crippen molar-refractivity contribution in [3.05, 3.63) is 0 Å². The largest absolute Gasteiger partial charge is 0.390 e. The number of hydrogen-bond donors (Lipinski definition) is 2. The van der Waals surface area contributed by atoms with E-state index in [0.717, 1.165) is 6.92 Å². The molecule has 4 heteroatoms. The van der Waals surface area contributed by atoms with Crippen molar-refractivity contribution in [3.8, 4) is 0 Å². The summed E-state index contributed by atoms with van der Waals surface area (Å²) in [6, 6.07) is -1.27. The SMILES string of the molecule is C[C@@H](N)C(F)(F)CO. The number of aliphatic hydroxyl groups excluding tert-OH is 1. The maximum Gasteiger partial charge on any atom is 0.285 e. The highest BCUT2D eigenvalue weighted by Crippen LogP contribution is 2.14. The maximum atomic E-state index is 11.9.